The summed E-state index contributed by atoms with van der Waals surface area (Å²) in [7, 11) is 1.35. The molecule has 0 saturated carbocycles. The maximum Gasteiger partial charge on any atom is 0.351 e. The van der Waals surface area contributed by atoms with E-state index < -0.39 is 5.97 Å². The highest BCUT2D eigenvalue weighted by atomic mass is 79.9. The number of benzene rings is 2. The van der Waals surface area contributed by atoms with Gasteiger partial charge in [-0.05, 0) is 31.2 Å². The molecule has 0 saturated heterocycles. The number of imidazole rings is 1. The second kappa shape index (κ2) is 8.18. The van der Waals surface area contributed by atoms with Gasteiger partial charge in [-0.15, -0.1) is 11.3 Å². The van der Waals surface area contributed by atoms with Gasteiger partial charge in [-0.1, -0.05) is 45.7 Å². The van der Waals surface area contributed by atoms with Gasteiger partial charge in [0.2, 0.25) is 0 Å². The van der Waals surface area contributed by atoms with Crippen LogP contribution in [0.1, 0.15) is 28.3 Å². The molecule has 0 fully saturated rings. The predicted molar refractivity (Wildman–Crippen MR) is 118 cm³/mol. The quantitative estimate of drug-likeness (QED) is 0.302. The third-order valence-electron chi connectivity index (χ3n) is 4.45. The lowest BCUT2D eigenvalue weighted by atomic mass is 10.1. The fraction of sp³-hybridized carbons (Fsp3) is 0.143. The van der Waals surface area contributed by atoms with E-state index in [0.717, 1.165) is 26.1 Å². The Bertz CT molecular complexity index is 1200. The molecule has 0 aliphatic rings. The molecule has 0 N–H and O–H groups in total. The Morgan fingerprint density at radius 2 is 2.03 bits per heavy atom. The Labute approximate surface area is 185 Å². The molecule has 0 radical (unpaired) electrons. The second-order valence-corrected chi connectivity index (χ2v) is 8.65. The normalized spacial score (nSPS) is 12.1. The van der Waals surface area contributed by atoms with E-state index >= 15 is 0 Å². The van der Waals surface area contributed by atoms with Crippen molar-refractivity contribution < 1.29 is 14.3 Å². The highest BCUT2D eigenvalue weighted by Gasteiger charge is 2.22. The lowest BCUT2D eigenvalue weighted by Crippen LogP contribution is -2.07. The van der Waals surface area contributed by atoms with Crippen LogP contribution in [0.2, 0.25) is 5.02 Å². The summed E-state index contributed by atoms with van der Waals surface area (Å²) in [6.07, 6.45) is 1.38. The van der Waals surface area contributed by atoms with Crippen LogP contribution >= 0.6 is 38.9 Å². The Kier molecular flexibility index (Phi) is 5.63. The molecular weight excluding hydrogens is 476 g/mol. The standard InChI is InChI=1S/C21H16BrClN2O3S/c1-12(14-5-3-4-6-15(14)23)28-18-10-19(29-20(18)21(26)27-2)25-11-24-16-9-13(22)7-8-17(16)25/h3-12H,1-2H3/t12-/m1/s1. The molecule has 29 heavy (non-hydrogen) atoms. The fourth-order valence-corrected chi connectivity index (χ4v) is 4.66. The molecule has 2 aromatic carbocycles. The van der Waals surface area contributed by atoms with Crippen molar-refractivity contribution >= 4 is 55.9 Å². The zero-order valence-corrected chi connectivity index (χ0v) is 18.7. The molecule has 2 aromatic heterocycles. The van der Waals surface area contributed by atoms with Crippen LogP contribution in [-0.2, 0) is 4.74 Å². The molecule has 148 valence electrons. The number of fused-ring (bicyclic) bond motifs is 1. The van der Waals surface area contributed by atoms with Gasteiger partial charge in [0.05, 0.1) is 18.1 Å². The lowest BCUT2D eigenvalue weighted by molar-refractivity contribution is 0.0600. The van der Waals surface area contributed by atoms with Crippen LogP contribution in [-0.4, -0.2) is 22.6 Å². The molecule has 0 aliphatic carbocycles. The van der Waals surface area contributed by atoms with Crippen LogP contribution in [0.15, 0.2) is 59.3 Å². The summed E-state index contributed by atoms with van der Waals surface area (Å²) in [5.74, 6) is -0.00185. The minimum Gasteiger partial charge on any atom is -0.484 e. The molecule has 0 amide bonds. The van der Waals surface area contributed by atoms with Gasteiger partial charge in [-0.2, -0.15) is 0 Å². The van der Waals surface area contributed by atoms with Crippen LogP contribution in [0.25, 0.3) is 16.0 Å². The number of halogens is 2. The van der Waals surface area contributed by atoms with Gasteiger partial charge in [0.1, 0.15) is 23.2 Å². The molecule has 2 heterocycles. The maximum atomic E-state index is 12.4. The molecule has 8 heteroatoms. The average Bonchev–Trinajstić information content (AvgIpc) is 3.31. The molecule has 5 nitrogen and oxygen atoms in total. The van der Waals surface area contributed by atoms with E-state index in [1.165, 1.54) is 18.4 Å². The maximum absolute atomic E-state index is 12.4. The number of nitrogens with zero attached hydrogens (tertiary/aromatic N) is 2. The third kappa shape index (κ3) is 3.90. The van der Waals surface area contributed by atoms with Gasteiger partial charge in [-0.3, -0.25) is 4.57 Å². The number of ether oxygens (including phenoxy) is 2. The van der Waals surface area contributed by atoms with Crippen molar-refractivity contribution in [1.82, 2.24) is 9.55 Å². The summed E-state index contributed by atoms with van der Waals surface area (Å²) >= 11 is 11.0. The highest BCUT2D eigenvalue weighted by molar-refractivity contribution is 9.10. The number of hydrogen-bond donors (Lipinski definition) is 0. The largest absolute Gasteiger partial charge is 0.484 e. The van der Waals surface area contributed by atoms with Crippen LogP contribution in [0.5, 0.6) is 5.75 Å². The van der Waals surface area contributed by atoms with E-state index in [2.05, 4.69) is 20.9 Å². The SMILES string of the molecule is COC(=O)c1sc(-n2cnc3cc(Br)ccc32)cc1O[C@H](C)c1ccccc1Cl. The number of methoxy groups -OCH3 is 1. The van der Waals surface area contributed by atoms with Gasteiger partial charge in [0, 0.05) is 21.1 Å². The van der Waals surface area contributed by atoms with Crippen LogP contribution in [0, 0.1) is 0 Å². The number of carbonyl (C=O) groups is 1. The van der Waals surface area contributed by atoms with Gasteiger partial charge in [0.15, 0.2) is 4.88 Å². The topological polar surface area (TPSA) is 53.4 Å². The van der Waals surface area contributed by atoms with Crippen LogP contribution < -0.4 is 4.74 Å². The van der Waals surface area contributed by atoms with Crippen molar-refractivity contribution in [2.24, 2.45) is 0 Å². The number of hydrogen-bond acceptors (Lipinski definition) is 5. The molecule has 4 rings (SSSR count). The van der Waals surface area contributed by atoms with Crippen molar-refractivity contribution in [3.8, 4) is 10.8 Å². The highest BCUT2D eigenvalue weighted by Crippen LogP contribution is 2.37. The zero-order chi connectivity index (χ0) is 20.5. The Hall–Kier alpha value is -2.35. The summed E-state index contributed by atoms with van der Waals surface area (Å²) in [6, 6.07) is 15.2. The van der Waals surface area contributed by atoms with Crippen LogP contribution in [0.4, 0.5) is 0 Å². The van der Waals surface area contributed by atoms with E-state index in [4.69, 9.17) is 21.1 Å². The minimum absolute atomic E-state index is 0.343. The van der Waals surface area contributed by atoms with E-state index in [0.29, 0.717) is 15.6 Å². The second-order valence-electron chi connectivity index (χ2n) is 6.30. The molecule has 4 aromatic rings. The Balaban J connectivity index is 1.75. The van der Waals surface area contributed by atoms with Crippen molar-refractivity contribution in [1.29, 1.82) is 0 Å². The number of esters is 1. The van der Waals surface area contributed by atoms with E-state index in [9.17, 15) is 4.79 Å². The summed E-state index contributed by atoms with van der Waals surface area (Å²) in [6.45, 7) is 1.89. The summed E-state index contributed by atoms with van der Waals surface area (Å²) in [5, 5.41) is 1.41. The van der Waals surface area contributed by atoms with E-state index in [1.807, 2.05) is 60.0 Å². The summed E-state index contributed by atoms with van der Waals surface area (Å²) in [5.41, 5.74) is 2.62. The third-order valence-corrected chi connectivity index (χ3v) is 6.38. The van der Waals surface area contributed by atoms with Crippen molar-refractivity contribution in [2.75, 3.05) is 7.11 Å². The zero-order valence-electron chi connectivity index (χ0n) is 15.6. The summed E-state index contributed by atoms with van der Waals surface area (Å²) < 4.78 is 14.0. The molecule has 0 unspecified atom stereocenters. The first-order chi connectivity index (χ1) is 14.0. The van der Waals surface area contributed by atoms with Gasteiger partial charge < -0.3 is 9.47 Å². The molecule has 0 aliphatic heterocycles. The van der Waals surface area contributed by atoms with E-state index in [1.54, 1.807) is 6.33 Å². The summed E-state index contributed by atoms with van der Waals surface area (Å²) in [4.78, 5) is 17.2. The van der Waals surface area contributed by atoms with Crippen molar-refractivity contribution in [3.05, 3.63) is 74.8 Å². The Morgan fingerprint density at radius 1 is 1.24 bits per heavy atom. The van der Waals surface area contributed by atoms with Crippen molar-refractivity contribution in [2.45, 2.75) is 13.0 Å². The fourth-order valence-electron chi connectivity index (χ4n) is 3.02. The predicted octanol–water partition coefficient (Wildman–Crippen LogP) is 6.43. The number of carbonyl (C=O) groups excluding carboxylic acids is 1. The molecule has 0 bridgehead atoms. The van der Waals surface area contributed by atoms with Crippen LogP contribution in [0.3, 0.4) is 0 Å². The number of rotatable bonds is 5. The van der Waals surface area contributed by atoms with E-state index in [-0.39, 0.29) is 6.10 Å². The monoisotopic (exact) mass is 490 g/mol. The van der Waals surface area contributed by atoms with Gasteiger partial charge >= 0.3 is 5.97 Å². The molecule has 0 spiro atoms. The van der Waals surface area contributed by atoms with Crippen molar-refractivity contribution in [3.63, 3.8) is 0 Å². The molecular formula is C21H16BrClN2O3S. The lowest BCUT2D eigenvalue weighted by Gasteiger charge is -2.16. The van der Waals surface area contributed by atoms with Gasteiger partial charge in [-0.25, -0.2) is 9.78 Å². The van der Waals surface area contributed by atoms with Gasteiger partial charge in [0.25, 0.3) is 0 Å². The average molecular weight is 492 g/mol. The first kappa shape index (κ1) is 19.9. The molecule has 1 atom stereocenters. The first-order valence-corrected chi connectivity index (χ1v) is 10.7. The smallest absolute Gasteiger partial charge is 0.351 e. The minimum atomic E-state index is -0.449. The number of aromatic nitrogens is 2. The first-order valence-electron chi connectivity index (χ1n) is 8.74. The number of thiophene rings is 1. The Morgan fingerprint density at radius 3 is 2.79 bits per heavy atom.